The van der Waals surface area contributed by atoms with Gasteiger partial charge in [-0.15, -0.1) is 0 Å². The first-order valence-electron chi connectivity index (χ1n) is 9.83. The summed E-state index contributed by atoms with van der Waals surface area (Å²) in [5.41, 5.74) is 4.96. The molecule has 0 saturated heterocycles. The van der Waals surface area contributed by atoms with E-state index in [-0.39, 0.29) is 6.04 Å². The van der Waals surface area contributed by atoms with Gasteiger partial charge in [0.1, 0.15) is 0 Å². The Kier molecular flexibility index (Phi) is 5.33. The third-order valence-electron chi connectivity index (χ3n) is 5.22. The van der Waals surface area contributed by atoms with Gasteiger partial charge >= 0.3 is 0 Å². The number of rotatable bonds is 5. The molecule has 1 atom stereocenters. The zero-order valence-corrected chi connectivity index (χ0v) is 17.9. The van der Waals surface area contributed by atoms with Crippen molar-refractivity contribution in [3.8, 4) is 16.9 Å². The Morgan fingerprint density at radius 2 is 1.58 bits per heavy atom. The topological polar surface area (TPSA) is 35.6 Å². The predicted octanol–water partition coefficient (Wildman–Crippen LogP) is 6.68. The van der Waals surface area contributed by atoms with Crippen LogP contribution in [0.1, 0.15) is 17.2 Å². The van der Waals surface area contributed by atoms with Crippen LogP contribution >= 0.6 is 23.2 Å². The van der Waals surface area contributed by atoms with Crippen molar-refractivity contribution in [2.24, 2.45) is 0 Å². The van der Waals surface area contributed by atoms with Gasteiger partial charge in [0, 0.05) is 28.5 Å². The summed E-state index contributed by atoms with van der Waals surface area (Å²) >= 11 is 12.7. The molecule has 0 fully saturated rings. The van der Waals surface area contributed by atoms with E-state index in [0.717, 1.165) is 28.1 Å². The van der Waals surface area contributed by atoms with E-state index in [2.05, 4.69) is 33.8 Å². The minimum Gasteiger partial charge on any atom is -0.326 e. The van der Waals surface area contributed by atoms with Crippen LogP contribution in [0.25, 0.3) is 16.9 Å². The summed E-state index contributed by atoms with van der Waals surface area (Å²) < 4.78 is 3.97. The average molecular weight is 445 g/mol. The Balaban J connectivity index is 1.78. The number of hydrogen-bond donors (Lipinski definition) is 0. The van der Waals surface area contributed by atoms with E-state index in [9.17, 15) is 0 Å². The van der Waals surface area contributed by atoms with Crippen LogP contribution < -0.4 is 0 Å². The standard InChI is InChI=1S/C25H18Cl2N4/c26-20-11-12-23(22(27)15-20)31-25(19-9-5-2-6-10-19)21(16-29-31)24(30-14-13-28-17-30)18-7-3-1-4-8-18/h1-17,24H. The Morgan fingerprint density at radius 3 is 2.26 bits per heavy atom. The van der Waals surface area contributed by atoms with Gasteiger partial charge in [0.15, 0.2) is 0 Å². The molecule has 0 spiro atoms. The third kappa shape index (κ3) is 3.76. The molecule has 6 heteroatoms. The molecular weight excluding hydrogens is 427 g/mol. The van der Waals surface area contributed by atoms with Crippen molar-refractivity contribution in [1.29, 1.82) is 0 Å². The van der Waals surface area contributed by atoms with E-state index in [0.29, 0.717) is 10.0 Å². The highest BCUT2D eigenvalue weighted by Crippen LogP contribution is 2.37. The fraction of sp³-hybridized carbons (Fsp3) is 0.0400. The molecule has 1 unspecified atom stereocenters. The second-order valence-corrected chi connectivity index (χ2v) is 7.99. The van der Waals surface area contributed by atoms with Crippen molar-refractivity contribution in [2.75, 3.05) is 0 Å². The van der Waals surface area contributed by atoms with Crippen molar-refractivity contribution in [3.63, 3.8) is 0 Å². The number of aromatic nitrogens is 4. The van der Waals surface area contributed by atoms with E-state index < -0.39 is 0 Å². The fourth-order valence-corrected chi connectivity index (χ4v) is 4.34. The lowest BCUT2D eigenvalue weighted by Gasteiger charge is -2.21. The maximum Gasteiger partial charge on any atom is 0.0954 e. The van der Waals surface area contributed by atoms with E-state index in [1.165, 1.54) is 0 Å². The maximum atomic E-state index is 6.57. The maximum absolute atomic E-state index is 6.57. The zero-order chi connectivity index (χ0) is 21.2. The van der Waals surface area contributed by atoms with E-state index >= 15 is 0 Å². The lowest BCUT2D eigenvalue weighted by molar-refractivity contribution is 0.678. The molecule has 0 aliphatic carbocycles. The molecule has 5 aromatic rings. The molecule has 152 valence electrons. The molecule has 4 nitrogen and oxygen atoms in total. The van der Waals surface area contributed by atoms with Gasteiger partial charge in [-0.05, 0) is 23.8 Å². The van der Waals surface area contributed by atoms with Crippen molar-refractivity contribution in [1.82, 2.24) is 19.3 Å². The highest BCUT2D eigenvalue weighted by Gasteiger charge is 2.25. The predicted molar refractivity (Wildman–Crippen MR) is 125 cm³/mol. The number of halogens is 2. The Hall–Kier alpha value is -3.34. The number of imidazole rings is 1. The SMILES string of the molecule is Clc1ccc(-n2ncc(C(c3ccccc3)n3ccnc3)c2-c2ccccc2)c(Cl)c1. The Labute approximate surface area is 190 Å². The van der Waals surface area contributed by atoms with E-state index in [4.69, 9.17) is 28.3 Å². The highest BCUT2D eigenvalue weighted by molar-refractivity contribution is 6.35. The molecular formula is C25H18Cl2N4. The fourth-order valence-electron chi connectivity index (χ4n) is 3.85. The summed E-state index contributed by atoms with van der Waals surface area (Å²) in [5.74, 6) is 0. The van der Waals surface area contributed by atoms with Crippen LogP contribution in [-0.4, -0.2) is 19.3 Å². The van der Waals surface area contributed by atoms with Crippen LogP contribution in [0.3, 0.4) is 0 Å². The second-order valence-electron chi connectivity index (χ2n) is 7.15. The summed E-state index contributed by atoms with van der Waals surface area (Å²) in [6.07, 6.45) is 7.50. The van der Waals surface area contributed by atoms with Crippen molar-refractivity contribution in [3.05, 3.63) is 125 Å². The van der Waals surface area contributed by atoms with Crippen LogP contribution in [0, 0.1) is 0 Å². The van der Waals surface area contributed by atoms with Gasteiger partial charge < -0.3 is 4.57 Å². The van der Waals surface area contributed by atoms with Gasteiger partial charge in [0.05, 0.1) is 35.0 Å². The molecule has 5 rings (SSSR count). The van der Waals surface area contributed by atoms with Gasteiger partial charge in [-0.25, -0.2) is 9.67 Å². The first-order valence-corrected chi connectivity index (χ1v) is 10.6. The molecule has 0 bridgehead atoms. The first kappa shape index (κ1) is 19.6. The largest absolute Gasteiger partial charge is 0.326 e. The van der Waals surface area contributed by atoms with Crippen molar-refractivity contribution < 1.29 is 0 Å². The van der Waals surface area contributed by atoms with Crippen LogP contribution in [0.15, 0.2) is 104 Å². The van der Waals surface area contributed by atoms with Gasteiger partial charge in [-0.3, -0.25) is 0 Å². The lowest BCUT2D eigenvalue weighted by atomic mass is 9.96. The van der Waals surface area contributed by atoms with Gasteiger partial charge in [-0.1, -0.05) is 83.9 Å². The number of hydrogen-bond acceptors (Lipinski definition) is 2. The molecule has 0 N–H and O–H groups in total. The van der Waals surface area contributed by atoms with Crippen LogP contribution in [-0.2, 0) is 0 Å². The summed E-state index contributed by atoms with van der Waals surface area (Å²) in [6, 6.07) is 25.9. The monoisotopic (exact) mass is 444 g/mol. The van der Waals surface area contributed by atoms with Gasteiger partial charge in [-0.2, -0.15) is 5.10 Å². The van der Waals surface area contributed by atoms with Gasteiger partial charge in [0.25, 0.3) is 0 Å². The molecule has 0 amide bonds. The van der Waals surface area contributed by atoms with Crippen LogP contribution in [0.4, 0.5) is 0 Å². The molecule has 0 aliphatic heterocycles. The summed E-state index contributed by atoms with van der Waals surface area (Å²) in [4.78, 5) is 4.29. The molecule has 0 aliphatic rings. The first-order chi connectivity index (χ1) is 15.2. The average Bonchev–Trinajstić information content (AvgIpc) is 3.47. The number of benzene rings is 3. The molecule has 31 heavy (non-hydrogen) atoms. The molecule has 0 saturated carbocycles. The quantitative estimate of drug-likeness (QED) is 0.303. The van der Waals surface area contributed by atoms with E-state index in [1.807, 2.05) is 71.9 Å². The van der Waals surface area contributed by atoms with Crippen molar-refractivity contribution in [2.45, 2.75) is 6.04 Å². The lowest BCUT2D eigenvalue weighted by Crippen LogP contribution is -2.12. The molecule has 3 aromatic carbocycles. The summed E-state index contributed by atoms with van der Waals surface area (Å²) in [5, 5.41) is 5.89. The summed E-state index contributed by atoms with van der Waals surface area (Å²) in [6.45, 7) is 0. The molecule has 2 aromatic heterocycles. The smallest absolute Gasteiger partial charge is 0.0954 e. The second kappa shape index (κ2) is 8.42. The van der Waals surface area contributed by atoms with Crippen molar-refractivity contribution >= 4 is 23.2 Å². The Bertz CT molecular complexity index is 1300. The minimum atomic E-state index is -0.0984. The normalized spacial score (nSPS) is 12.1. The van der Waals surface area contributed by atoms with Gasteiger partial charge in [0.2, 0.25) is 0 Å². The minimum absolute atomic E-state index is 0.0984. The molecule has 0 radical (unpaired) electrons. The number of nitrogens with zero attached hydrogens (tertiary/aromatic N) is 4. The molecule has 2 heterocycles. The highest BCUT2D eigenvalue weighted by atomic mass is 35.5. The zero-order valence-electron chi connectivity index (χ0n) is 16.4. The Morgan fingerprint density at radius 1 is 0.839 bits per heavy atom. The third-order valence-corrected chi connectivity index (χ3v) is 5.75. The van der Waals surface area contributed by atoms with E-state index in [1.54, 1.807) is 12.3 Å². The van der Waals surface area contributed by atoms with Crippen LogP contribution in [0.5, 0.6) is 0 Å². The summed E-state index contributed by atoms with van der Waals surface area (Å²) in [7, 11) is 0. The van der Waals surface area contributed by atoms with Crippen LogP contribution in [0.2, 0.25) is 10.0 Å².